The molecule has 0 unspecified atom stereocenters. The summed E-state index contributed by atoms with van der Waals surface area (Å²) in [7, 11) is 0. The molecule has 12 rings (SSSR count). The first-order valence-electron chi connectivity index (χ1n) is 18.1. The first-order valence-corrected chi connectivity index (χ1v) is 18.1. The zero-order chi connectivity index (χ0) is 33.9. The molecule has 4 heteroatoms. The fraction of sp³-hybridized carbons (Fsp3) is 0. The smallest absolute Gasteiger partial charge is 0.333 e. The molecule has 1 aromatic heterocycles. The molecule has 0 bridgehead atoms. The number of hydrogen-bond donors (Lipinski definition) is 0. The third kappa shape index (κ3) is 3.60. The van der Waals surface area contributed by atoms with Crippen LogP contribution in [0.1, 0.15) is 0 Å². The number of benzene rings is 8. The lowest BCUT2D eigenvalue weighted by Crippen LogP contribution is -2.63. The molecule has 0 spiro atoms. The average Bonchev–Trinajstić information content (AvgIpc) is 3.55. The Morgan fingerprint density at radius 3 is 1.58 bits per heavy atom. The molecule has 9 aromatic rings. The first-order chi connectivity index (χ1) is 25.8. The molecule has 52 heavy (non-hydrogen) atoms. The molecule has 3 nitrogen and oxygen atoms in total. The number of hydrogen-bond acceptors (Lipinski definition) is 2. The van der Waals surface area contributed by atoms with Crippen LogP contribution in [0.3, 0.4) is 0 Å². The highest BCUT2D eigenvalue weighted by Crippen LogP contribution is 2.53. The molecule has 4 heterocycles. The van der Waals surface area contributed by atoms with Crippen LogP contribution in [-0.4, -0.2) is 11.4 Å². The maximum atomic E-state index is 2.61. The fourth-order valence-corrected chi connectivity index (χ4v) is 9.47. The quantitative estimate of drug-likeness (QED) is 0.175. The average molecular weight is 660 g/mol. The van der Waals surface area contributed by atoms with E-state index in [1.54, 1.807) is 0 Å². The molecule has 0 saturated heterocycles. The standard InChI is InChI=1S/C48H30BN3/c1-2-15-31(16-3-1)33-17-4-9-23-40(33)51-45-28-14-22-38-36-20-7-12-26-43(36)52-44-27-13-8-21-37(44)39-29-32(30-46(51)48(39)49(52)47(38)45)50-41-24-10-5-18-34(41)35-19-6-11-25-42(35)50/h1-30H. The number of para-hydroxylation sites is 5. The zero-order valence-corrected chi connectivity index (χ0v) is 28.2. The lowest BCUT2D eigenvalue weighted by atomic mass is 9.41. The summed E-state index contributed by atoms with van der Waals surface area (Å²) in [5, 5.41) is 2.53. The number of aromatic nitrogens is 1. The first kappa shape index (κ1) is 28.0. The molecule has 0 N–H and O–H groups in total. The fourth-order valence-electron chi connectivity index (χ4n) is 9.47. The molecule has 8 aromatic carbocycles. The van der Waals surface area contributed by atoms with E-state index in [0.29, 0.717) is 0 Å². The van der Waals surface area contributed by atoms with E-state index in [0.717, 1.165) is 5.69 Å². The topological polar surface area (TPSA) is 11.4 Å². The predicted octanol–water partition coefficient (Wildman–Crippen LogP) is 11.1. The van der Waals surface area contributed by atoms with Gasteiger partial charge >= 0.3 is 6.85 Å². The van der Waals surface area contributed by atoms with Crippen LogP contribution in [0.25, 0.3) is 60.9 Å². The molecule has 0 saturated carbocycles. The number of nitrogens with zero attached hydrogens (tertiary/aromatic N) is 3. The SMILES string of the molecule is c1ccc(-c2ccccc2N2c3cccc4c3B3c5c(cc(-n6c7ccccc7c7ccccc76)cc52)-c2ccccc2N3c2ccccc2-4)cc1. The van der Waals surface area contributed by atoms with Crippen molar-refractivity contribution >= 4 is 68.0 Å². The Morgan fingerprint density at radius 1 is 0.346 bits per heavy atom. The van der Waals surface area contributed by atoms with Crippen LogP contribution in [-0.2, 0) is 0 Å². The van der Waals surface area contributed by atoms with Crippen molar-refractivity contribution < 1.29 is 0 Å². The molecule has 240 valence electrons. The second-order valence-corrected chi connectivity index (χ2v) is 14.1. The minimum Gasteiger partial charge on any atom is -0.376 e. The Hall–Kier alpha value is -6.78. The van der Waals surface area contributed by atoms with Gasteiger partial charge in [-0.05, 0) is 76.1 Å². The van der Waals surface area contributed by atoms with Gasteiger partial charge in [-0.25, -0.2) is 0 Å². The largest absolute Gasteiger partial charge is 0.376 e. The van der Waals surface area contributed by atoms with Crippen LogP contribution < -0.4 is 20.6 Å². The molecule has 0 radical (unpaired) electrons. The monoisotopic (exact) mass is 659 g/mol. The summed E-state index contributed by atoms with van der Waals surface area (Å²) in [6.07, 6.45) is 0. The molecule has 0 fully saturated rings. The summed E-state index contributed by atoms with van der Waals surface area (Å²) in [6, 6.07) is 67.2. The minimum atomic E-state index is 0.0216. The maximum absolute atomic E-state index is 2.61. The lowest BCUT2D eigenvalue weighted by Gasteiger charge is -2.49. The molecule has 0 amide bonds. The van der Waals surface area contributed by atoms with Crippen LogP contribution >= 0.6 is 0 Å². The van der Waals surface area contributed by atoms with Crippen LogP contribution in [0, 0.1) is 0 Å². The van der Waals surface area contributed by atoms with Crippen LogP contribution in [0.15, 0.2) is 182 Å². The van der Waals surface area contributed by atoms with E-state index < -0.39 is 0 Å². The predicted molar refractivity (Wildman–Crippen MR) is 219 cm³/mol. The Labute approximate surface area is 302 Å². The Balaban J connectivity index is 1.26. The normalized spacial score (nSPS) is 13.3. The third-order valence-corrected chi connectivity index (χ3v) is 11.5. The summed E-state index contributed by atoms with van der Waals surface area (Å²) in [6.45, 7) is 0.0216. The van der Waals surface area contributed by atoms with Gasteiger partial charge in [-0.2, -0.15) is 0 Å². The Kier molecular flexibility index (Phi) is 5.58. The molecule has 0 aliphatic carbocycles. The van der Waals surface area contributed by atoms with Crippen molar-refractivity contribution in [2.45, 2.75) is 0 Å². The van der Waals surface area contributed by atoms with Gasteiger partial charge in [0.25, 0.3) is 0 Å². The van der Waals surface area contributed by atoms with Crippen LogP contribution in [0.4, 0.5) is 28.4 Å². The van der Waals surface area contributed by atoms with Gasteiger partial charge < -0.3 is 14.3 Å². The molecule has 0 atom stereocenters. The molecular weight excluding hydrogens is 629 g/mol. The van der Waals surface area contributed by atoms with E-state index in [9.17, 15) is 0 Å². The van der Waals surface area contributed by atoms with Gasteiger partial charge in [0, 0.05) is 55.9 Å². The van der Waals surface area contributed by atoms with Gasteiger partial charge in [0.1, 0.15) is 0 Å². The number of rotatable bonds is 3. The third-order valence-electron chi connectivity index (χ3n) is 11.5. The van der Waals surface area contributed by atoms with E-state index in [-0.39, 0.29) is 6.85 Å². The Morgan fingerprint density at radius 2 is 0.865 bits per heavy atom. The summed E-state index contributed by atoms with van der Waals surface area (Å²) in [5.74, 6) is 0. The second kappa shape index (κ2) is 10.4. The summed E-state index contributed by atoms with van der Waals surface area (Å²) in [5.41, 5.74) is 19.9. The van der Waals surface area contributed by atoms with Gasteiger partial charge in [-0.1, -0.05) is 133 Å². The van der Waals surface area contributed by atoms with Crippen molar-refractivity contribution in [3.8, 4) is 39.1 Å². The molecule has 3 aliphatic rings. The van der Waals surface area contributed by atoms with Gasteiger partial charge in [0.2, 0.25) is 0 Å². The van der Waals surface area contributed by atoms with E-state index in [4.69, 9.17) is 0 Å². The summed E-state index contributed by atoms with van der Waals surface area (Å²) in [4.78, 5) is 5.18. The van der Waals surface area contributed by atoms with Crippen molar-refractivity contribution in [2.75, 3.05) is 9.71 Å². The van der Waals surface area contributed by atoms with E-state index in [1.165, 1.54) is 94.5 Å². The molecule has 3 aliphatic heterocycles. The Bertz CT molecular complexity index is 2890. The van der Waals surface area contributed by atoms with E-state index in [1.807, 2.05) is 0 Å². The molecular formula is C48H30BN3. The summed E-state index contributed by atoms with van der Waals surface area (Å²) >= 11 is 0. The lowest BCUT2D eigenvalue weighted by molar-refractivity contribution is 1.17. The number of anilines is 5. The number of fused-ring (bicyclic) bond motifs is 9. The van der Waals surface area contributed by atoms with E-state index >= 15 is 0 Å². The van der Waals surface area contributed by atoms with Crippen molar-refractivity contribution in [1.29, 1.82) is 0 Å². The summed E-state index contributed by atoms with van der Waals surface area (Å²) < 4.78 is 2.47. The van der Waals surface area contributed by atoms with Crippen LogP contribution in [0.2, 0.25) is 0 Å². The minimum absolute atomic E-state index is 0.0216. The van der Waals surface area contributed by atoms with Gasteiger partial charge in [0.05, 0.1) is 16.7 Å². The maximum Gasteiger partial charge on any atom is 0.333 e. The highest BCUT2D eigenvalue weighted by atomic mass is 15.2. The van der Waals surface area contributed by atoms with Crippen LogP contribution in [0.5, 0.6) is 0 Å². The second-order valence-electron chi connectivity index (χ2n) is 14.1. The highest BCUT2D eigenvalue weighted by Gasteiger charge is 2.49. The van der Waals surface area contributed by atoms with Gasteiger partial charge in [-0.15, -0.1) is 0 Å². The van der Waals surface area contributed by atoms with Crippen molar-refractivity contribution in [1.82, 2.24) is 4.57 Å². The van der Waals surface area contributed by atoms with Gasteiger partial charge in [0.15, 0.2) is 0 Å². The highest BCUT2D eigenvalue weighted by molar-refractivity contribution is 6.95. The van der Waals surface area contributed by atoms with Crippen molar-refractivity contribution in [3.63, 3.8) is 0 Å². The van der Waals surface area contributed by atoms with Crippen molar-refractivity contribution in [2.24, 2.45) is 0 Å². The zero-order valence-electron chi connectivity index (χ0n) is 28.2. The van der Waals surface area contributed by atoms with Crippen molar-refractivity contribution in [3.05, 3.63) is 182 Å². The van der Waals surface area contributed by atoms with Gasteiger partial charge in [-0.3, -0.25) is 0 Å². The van der Waals surface area contributed by atoms with E-state index in [2.05, 4.69) is 196 Å².